The van der Waals surface area contributed by atoms with Crippen molar-refractivity contribution in [3.63, 3.8) is 0 Å². The zero-order valence-electron chi connectivity index (χ0n) is 7.70. The lowest BCUT2D eigenvalue weighted by Crippen LogP contribution is -2.16. The number of rotatable bonds is 4. The smallest absolute Gasteiger partial charge is 0.252 e. The van der Waals surface area contributed by atoms with E-state index in [1.807, 2.05) is 0 Å². The van der Waals surface area contributed by atoms with Gasteiger partial charge in [-0.1, -0.05) is 6.07 Å². The van der Waals surface area contributed by atoms with Crippen LogP contribution in [0.5, 0.6) is 0 Å². The Morgan fingerprint density at radius 3 is 2.87 bits per heavy atom. The third-order valence-corrected chi connectivity index (χ3v) is 1.57. The van der Waals surface area contributed by atoms with Gasteiger partial charge < -0.3 is 11.1 Å². The predicted octanol–water partition coefficient (Wildman–Crippen LogP) is 0.244. The first kappa shape index (κ1) is 10.8. The summed E-state index contributed by atoms with van der Waals surface area (Å²) < 4.78 is 12.8. The van der Waals surface area contributed by atoms with E-state index in [1.54, 1.807) is 0 Å². The molecule has 0 fully saturated rings. The van der Waals surface area contributed by atoms with Gasteiger partial charge in [0.25, 0.3) is 5.91 Å². The van der Waals surface area contributed by atoms with E-state index in [0.717, 1.165) is 12.4 Å². The summed E-state index contributed by atoms with van der Waals surface area (Å²) in [5, 5.41) is 9.08. The number of aromatic nitrogens is 1. The number of nitrogens with two attached hydrogens (primary N) is 1. The van der Waals surface area contributed by atoms with Gasteiger partial charge in [0.2, 0.25) is 5.95 Å². The zero-order valence-corrected chi connectivity index (χ0v) is 7.70. The van der Waals surface area contributed by atoms with Crippen molar-refractivity contribution in [1.29, 1.82) is 5.41 Å². The average molecular weight is 208 g/mol. The maximum atomic E-state index is 12.8. The van der Waals surface area contributed by atoms with Crippen LogP contribution in [0.4, 0.5) is 4.39 Å². The molecular weight excluding hydrogens is 199 g/mol. The molecule has 5 nitrogen and oxygen atoms in total. The lowest BCUT2D eigenvalue weighted by atomic mass is 10.2. The number of primary amides is 1. The summed E-state index contributed by atoms with van der Waals surface area (Å²) in [6, 6.07) is 4.02. The average Bonchev–Trinajstić information content (AvgIpc) is 2.18. The van der Waals surface area contributed by atoms with Gasteiger partial charge >= 0.3 is 0 Å². The SMILES string of the molecule is N=CN/C=C(/C(N)=O)c1cccc(F)n1. The van der Waals surface area contributed by atoms with Crippen molar-refractivity contribution in [2.75, 3.05) is 0 Å². The highest BCUT2D eigenvalue weighted by molar-refractivity contribution is 6.18. The maximum Gasteiger partial charge on any atom is 0.252 e. The summed E-state index contributed by atoms with van der Waals surface area (Å²) in [7, 11) is 0. The molecule has 1 aromatic rings. The van der Waals surface area contributed by atoms with Crippen LogP contribution in [0.2, 0.25) is 0 Å². The molecule has 4 N–H and O–H groups in total. The topological polar surface area (TPSA) is 91.9 Å². The van der Waals surface area contributed by atoms with Crippen LogP contribution >= 0.6 is 0 Å². The van der Waals surface area contributed by atoms with Crippen molar-refractivity contribution < 1.29 is 9.18 Å². The van der Waals surface area contributed by atoms with Gasteiger partial charge in [0.05, 0.1) is 17.6 Å². The van der Waals surface area contributed by atoms with E-state index in [4.69, 9.17) is 11.1 Å². The molecular formula is C9H9FN4O. The molecule has 1 aromatic heterocycles. The highest BCUT2D eigenvalue weighted by atomic mass is 19.1. The van der Waals surface area contributed by atoms with Crippen LogP contribution in [-0.4, -0.2) is 17.2 Å². The Hall–Kier alpha value is -2.24. The molecule has 15 heavy (non-hydrogen) atoms. The fourth-order valence-electron chi connectivity index (χ4n) is 0.955. The first-order valence-corrected chi connectivity index (χ1v) is 4.03. The largest absolute Gasteiger partial charge is 0.365 e. The third-order valence-electron chi connectivity index (χ3n) is 1.57. The van der Waals surface area contributed by atoms with Gasteiger partial charge in [0.1, 0.15) is 0 Å². The van der Waals surface area contributed by atoms with Crippen molar-refractivity contribution in [2.45, 2.75) is 0 Å². The summed E-state index contributed by atoms with van der Waals surface area (Å²) in [5.74, 6) is -1.45. The van der Waals surface area contributed by atoms with Crippen molar-refractivity contribution in [3.05, 3.63) is 36.0 Å². The van der Waals surface area contributed by atoms with Gasteiger partial charge in [0, 0.05) is 6.20 Å². The fraction of sp³-hybridized carbons (Fsp3) is 0. The van der Waals surface area contributed by atoms with Crippen molar-refractivity contribution >= 4 is 17.8 Å². The van der Waals surface area contributed by atoms with E-state index < -0.39 is 11.9 Å². The second-order valence-electron chi connectivity index (χ2n) is 2.58. The van der Waals surface area contributed by atoms with Crippen LogP contribution < -0.4 is 11.1 Å². The summed E-state index contributed by atoms with van der Waals surface area (Å²) in [6.07, 6.45) is 2.05. The standard InChI is InChI=1S/C9H9FN4O/c10-8-3-1-2-7(14-8)6(9(12)15)4-13-5-11/h1-5H,(H2,11,13)(H2,12,15)/b6-4+. The molecule has 0 aliphatic carbocycles. The second kappa shape index (κ2) is 4.85. The minimum atomic E-state index is -0.748. The molecule has 1 amide bonds. The summed E-state index contributed by atoms with van der Waals surface area (Å²) >= 11 is 0. The normalized spacial score (nSPS) is 10.9. The molecule has 0 saturated heterocycles. The Labute approximate surface area is 85.3 Å². The van der Waals surface area contributed by atoms with Gasteiger partial charge in [-0.2, -0.15) is 4.39 Å². The number of nitrogens with zero attached hydrogens (tertiary/aromatic N) is 1. The van der Waals surface area contributed by atoms with Crippen molar-refractivity contribution in [3.8, 4) is 0 Å². The number of halogens is 1. The van der Waals surface area contributed by atoms with E-state index in [1.165, 1.54) is 18.3 Å². The third kappa shape index (κ3) is 2.87. The summed E-state index contributed by atoms with van der Waals surface area (Å²) in [6.45, 7) is 0. The first-order valence-electron chi connectivity index (χ1n) is 4.03. The molecule has 0 bridgehead atoms. The molecule has 1 rings (SSSR count). The highest BCUT2D eigenvalue weighted by Gasteiger charge is 2.09. The molecule has 0 unspecified atom stereocenters. The molecule has 6 heteroatoms. The molecule has 0 aliphatic heterocycles. The minimum absolute atomic E-state index is 0.0120. The first-order chi connectivity index (χ1) is 7.15. The number of carbonyl (C=O) groups excluding carboxylic acids is 1. The Kier molecular flexibility index (Phi) is 3.50. The Morgan fingerprint density at radius 2 is 2.33 bits per heavy atom. The lowest BCUT2D eigenvalue weighted by molar-refractivity contribution is -0.112. The molecule has 0 atom stereocenters. The number of nitrogens with one attached hydrogen (secondary N) is 2. The van der Waals surface area contributed by atoms with Gasteiger partial charge in [-0.3, -0.25) is 10.2 Å². The number of hydrogen-bond acceptors (Lipinski definition) is 3. The Bertz CT molecular complexity index is 416. The van der Waals surface area contributed by atoms with Crippen LogP contribution in [0.25, 0.3) is 5.57 Å². The van der Waals surface area contributed by atoms with Crippen LogP contribution in [0.1, 0.15) is 5.69 Å². The fourth-order valence-corrected chi connectivity index (χ4v) is 0.955. The predicted molar refractivity (Wildman–Crippen MR) is 53.3 cm³/mol. The van der Waals surface area contributed by atoms with E-state index in [-0.39, 0.29) is 11.3 Å². The molecule has 0 radical (unpaired) electrons. The van der Waals surface area contributed by atoms with Crippen LogP contribution in [0.15, 0.2) is 24.4 Å². The zero-order chi connectivity index (χ0) is 11.3. The maximum absolute atomic E-state index is 12.8. The van der Waals surface area contributed by atoms with Gasteiger partial charge in [-0.25, -0.2) is 4.98 Å². The lowest BCUT2D eigenvalue weighted by Gasteiger charge is -2.02. The number of amides is 1. The van der Waals surface area contributed by atoms with Gasteiger partial charge in [0.15, 0.2) is 0 Å². The Balaban J connectivity index is 3.09. The van der Waals surface area contributed by atoms with Crippen molar-refractivity contribution in [1.82, 2.24) is 10.3 Å². The minimum Gasteiger partial charge on any atom is -0.365 e. The molecule has 0 aromatic carbocycles. The molecule has 1 heterocycles. The van der Waals surface area contributed by atoms with E-state index in [9.17, 15) is 9.18 Å². The second-order valence-corrected chi connectivity index (χ2v) is 2.58. The monoisotopic (exact) mass is 208 g/mol. The molecule has 0 aliphatic rings. The van der Waals surface area contributed by atoms with Crippen LogP contribution in [-0.2, 0) is 4.79 Å². The molecule has 0 saturated carbocycles. The van der Waals surface area contributed by atoms with Gasteiger partial charge in [-0.05, 0) is 12.1 Å². The number of hydrogen-bond donors (Lipinski definition) is 3. The van der Waals surface area contributed by atoms with Crippen LogP contribution in [0.3, 0.4) is 0 Å². The van der Waals surface area contributed by atoms with Gasteiger partial charge in [-0.15, -0.1) is 0 Å². The van der Waals surface area contributed by atoms with Crippen molar-refractivity contribution in [2.24, 2.45) is 5.73 Å². The van der Waals surface area contributed by atoms with Crippen LogP contribution in [0, 0.1) is 11.4 Å². The quantitative estimate of drug-likeness (QED) is 0.286. The van der Waals surface area contributed by atoms with E-state index in [0.29, 0.717) is 0 Å². The number of carbonyl (C=O) groups is 1. The summed E-state index contributed by atoms with van der Waals surface area (Å²) in [5.41, 5.74) is 5.21. The highest BCUT2D eigenvalue weighted by Crippen LogP contribution is 2.10. The number of pyridine rings is 1. The summed E-state index contributed by atoms with van der Waals surface area (Å²) in [4.78, 5) is 14.5. The molecule has 0 spiro atoms. The Morgan fingerprint density at radius 1 is 1.60 bits per heavy atom. The van der Waals surface area contributed by atoms with E-state index >= 15 is 0 Å². The van der Waals surface area contributed by atoms with E-state index in [2.05, 4.69) is 10.3 Å². The molecule has 78 valence electrons.